The van der Waals surface area contributed by atoms with Gasteiger partial charge in [0, 0.05) is 5.69 Å². The molecule has 0 saturated heterocycles. The monoisotopic (exact) mass is 249 g/mol. The highest BCUT2D eigenvalue weighted by atomic mass is 28.4. The molecule has 0 fully saturated rings. The summed E-state index contributed by atoms with van der Waals surface area (Å²) < 4.78 is 6.12. The summed E-state index contributed by atoms with van der Waals surface area (Å²) in [6.45, 7) is 17.5. The molecule has 0 amide bonds. The second kappa shape index (κ2) is 4.82. The van der Waals surface area contributed by atoms with Gasteiger partial charge in [-0.1, -0.05) is 26.8 Å². The molecule has 0 atom stereocenters. The highest BCUT2D eigenvalue weighted by Crippen LogP contribution is 2.37. The Balaban J connectivity index is 2.74. The van der Waals surface area contributed by atoms with E-state index in [9.17, 15) is 0 Å². The molecule has 0 unspecified atom stereocenters. The van der Waals surface area contributed by atoms with Crippen LogP contribution in [-0.4, -0.2) is 8.32 Å². The quantitative estimate of drug-likeness (QED) is 0.652. The average Bonchev–Trinajstić information content (AvgIpc) is 2.11. The van der Waals surface area contributed by atoms with Gasteiger partial charge in [0.1, 0.15) is 0 Å². The van der Waals surface area contributed by atoms with Gasteiger partial charge in [-0.15, -0.1) is 0 Å². The van der Waals surface area contributed by atoms with E-state index in [1.165, 1.54) is 0 Å². The van der Waals surface area contributed by atoms with E-state index in [2.05, 4.69) is 33.9 Å². The van der Waals surface area contributed by atoms with Crippen LogP contribution in [-0.2, 0) is 11.0 Å². The maximum atomic E-state index is 6.12. The molecular formula is C14H23NOSi. The van der Waals surface area contributed by atoms with Crippen molar-refractivity contribution in [3.63, 3.8) is 0 Å². The Bertz CT molecular complexity index is 373. The normalized spacial score (nSPS) is 12.8. The zero-order chi connectivity index (χ0) is 13.3. The summed E-state index contributed by atoms with van der Waals surface area (Å²) in [5, 5.41) is 0.221. The second-order valence-electron chi connectivity index (χ2n) is 6.06. The molecule has 94 valence electrons. The fourth-order valence-corrected chi connectivity index (χ4v) is 2.27. The van der Waals surface area contributed by atoms with E-state index in [1.807, 2.05) is 12.1 Å². The Morgan fingerprint density at radius 2 is 1.82 bits per heavy atom. The molecule has 1 rings (SSSR count). The topological polar surface area (TPSA) is 35.2 Å². The minimum absolute atomic E-state index is 0.221. The lowest BCUT2D eigenvalue weighted by molar-refractivity contribution is 0.276. The zero-order valence-corrected chi connectivity index (χ0v) is 12.5. The van der Waals surface area contributed by atoms with Crippen molar-refractivity contribution in [1.29, 1.82) is 0 Å². The third kappa shape index (κ3) is 3.86. The highest BCUT2D eigenvalue weighted by Gasteiger charge is 2.36. The molecule has 0 aromatic heterocycles. The molecule has 2 N–H and O–H groups in total. The third-order valence-electron chi connectivity index (χ3n) is 3.44. The van der Waals surface area contributed by atoms with Crippen molar-refractivity contribution in [2.24, 2.45) is 0 Å². The van der Waals surface area contributed by atoms with Gasteiger partial charge in [0.15, 0.2) is 8.32 Å². The molecule has 1 aromatic carbocycles. The van der Waals surface area contributed by atoms with Gasteiger partial charge in [0.05, 0.1) is 6.61 Å². The maximum Gasteiger partial charge on any atom is 0.192 e. The van der Waals surface area contributed by atoms with E-state index in [0.29, 0.717) is 17.9 Å². The lowest BCUT2D eigenvalue weighted by atomic mass is 10.1. The van der Waals surface area contributed by atoms with E-state index in [-0.39, 0.29) is 5.04 Å². The number of benzene rings is 1. The molecule has 0 aliphatic rings. The number of rotatable bonds is 3. The van der Waals surface area contributed by atoms with Crippen LogP contribution in [0.4, 0.5) is 5.69 Å². The molecule has 0 aliphatic heterocycles. The molecule has 0 bridgehead atoms. The van der Waals surface area contributed by atoms with E-state index in [0.717, 1.165) is 5.56 Å². The van der Waals surface area contributed by atoms with Crippen LogP contribution in [0.25, 0.3) is 0 Å². The number of nitrogen functional groups attached to an aromatic ring is 1. The molecule has 2 nitrogen and oxygen atoms in total. The first-order valence-corrected chi connectivity index (χ1v) is 8.81. The Morgan fingerprint density at radius 3 is 2.29 bits per heavy atom. The smallest absolute Gasteiger partial charge is 0.192 e. The largest absolute Gasteiger partial charge is 0.413 e. The van der Waals surface area contributed by atoms with Gasteiger partial charge in [0.2, 0.25) is 0 Å². The second-order valence-corrected chi connectivity index (χ2v) is 10.9. The van der Waals surface area contributed by atoms with Gasteiger partial charge in [0.25, 0.3) is 0 Å². The van der Waals surface area contributed by atoms with Crippen molar-refractivity contribution in [2.45, 2.75) is 45.5 Å². The van der Waals surface area contributed by atoms with Gasteiger partial charge >= 0.3 is 0 Å². The van der Waals surface area contributed by atoms with Gasteiger partial charge in [-0.25, -0.2) is 0 Å². The number of nitrogens with two attached hydrogens (primary N) is 1. The summed E-state index contributed by atoms with van der Waals surface area (Å²) in [5.41, 5.74) is 8.20. The van der Waals surface area contributed by atoms with E-state index in [4.69, 9.17) is 17.1 Å². The van der Waals surface area contributed by atoms with Crippen LogP contribution in [0.3, 0.4) is 0 Å². The fourth-order valence-electron chi connectivity index (χ4n) is 1.31. The molecule has 1 aromatic rings. The summed E-state index contributed by atoms with van der Waals surface area (Å²) in [6.07, 6.45) is 0. The van der Waals surface area contributed by atoms with Crippen LogP contribution >= 0.6 is 0 Å². The fraction of sp³-hybridized carbons (Fsp3) is 0.500. The number of hydrogen-bond acceptors (Lipinski definition) is 2. The van der Waals surface area contributed by atoms with Crippen LogP contribution in [0.15, 0.2) is 18.2 Å². The van der Waals surface area contributed by atoms with Crippen molar-refractivity contribution in [3.05, 3.63) is 36.2 Å². The minimum Gasteiger partial charge on any atom is -0.413 e. The van der Waals surface area contributed by atoms with Crippen LogP contribution in [0.1, 0.15) is 31.9 Å². The molecule has 0 aliphatic carbocycles. The molecule has 0 saturated carbocycles. The standard InChI is InChI=1S/C14H23NOSi/c1-11-7-12(9-13(15)8-11)10-16-17(5,6)14(2,3)4/h1,7-9H,10,15H2,2-6H3. The SMILES string of the molecule is [CH]c1cc(N)cc(CO[Si](C)(C)C(C)(C)C)c1. The van der Waals surface area contributed by atoms with Crippen LogP contribution in [0.2, 0.25) is 18.1 Å². The van der Waals surface area contributed by atoms with Crippen LogP contribution < -0.4 is 5.73 Å². The predicted octanol–water partition coefficient (Wildman–Crippen LogP) is 3.85. The van der Waals surface area contributed by atoms with E-state index in [1.54, 1.807) is 6.07 Å². The zero-order valence-electron chi connectivity index (χ0n) is 11.5. The number of hydrogen-bond donors (Lipinski definition) is 1. The first-order chi connectivity index (χ1) is 7.62. The molecule has 0 heterocycles. The minimum atomic E-state index is -1.70. The third-order valence-corrected chi connectivity index (χ3v) is 7.92. The van der Waals surface area contributed by atoms with Gasteiger partial charge in [-0.2, -0.15) is 0 Å². The number of anilines is 1. The Labute approximate surface area is 106 Å². The molecule has 3 heteroatoms. The van der Waals surface area contributed by atoms with Gasteiger partial charge < -0.3 is 10.2 Å². The molecular weight excluding hydrogens is 226 g/mol. The summed E-state index contributed by atoms with van der Waals surface area (Å²) in [4.78, 5) is 0. The Kier molecular flexibility index (Phi) is 4.05. The predicted molar refractivity (Wildman–Crippen MR) is 76.2 cm³/mol. The summed E-state index contributed by atoms with van der Waals surface area (Å²) in [7, 11) is -1.70. The molecule has 17 heavy (non-hydrogen) atoms. The average molecular weight is 249 g/mol. The van der Waals surface area contributed by atoms with Gasteiger partial charge in [-0.3, -0.25) is 0 Å². The van der Waals surface area contributed by atoms with Crippen molar-refractivity contribution >= 4 is 14.0 Å². The van der Waals surface area contributed by atoms with Crippen LogP contribution in [0.5, 0.6) is 0 Å². The summed E-state index contributed by atoms with van der Waals surface area (Å²) in [5.74, 6) is 0. The summed E-state index contributed by atoms with van der Waals surface area (Å²) >= 11 is 0. The highest BCUT2D eigenvalue weighted by molar-refractivity contribution is 6.74. The van der Waals surface area contributed by atoms with Crippen molar-refractivity contribution < 1.29 is 4.43 Å². The van der Waals surface area contributed by atoms with Crippen molar-refractivity contribution in [3.8, 4) is 0 Å². The lowest BCUT2D eigenvalue weighted by Crippen LogP contribution is -2.40. The Morgan fingerprint density at radius 1 is 1.24 bits per heavy atom. The van der Waals surface area contributed by atoms with E-state index < -0.39 is 8.32 Å². The van der Waals surface area contributed by atoms with Crippen LogP contribution in [0, 0.1) is 6.92 Å². The summed E-state index contributed by atoms with van der Waals surface area (Å²) in [6, 6.07) is 5.60. The maximum absolute atomic E-state index is 6.12. The molecule has 0 spiro atoms. The first kappa shape index (κ1) is 14.3. The van der Waals surface area contributed by atoms with E-state index >= 15 is 0 Å². The van der Waals surface area contributed by atoms with Crippen molar-refractivity contribution in [1.82, 2.24) is 0 Å². The van der Waals surface area contributed by atoms with Gasteiger partial charge in [-0.05, 0) is 48.3 Å². The lowest BCUT2D eigenvalue weighted by Gasteiger charge is -2.36. The Hall–Kier alpha value is -0.803. The van der Waals surface area contributed by atoms with Crippen molar-refractivity contribution in [2.75, 3.05) is 5.73 Å². The first-order valence-electron chi connectivity index (χ1n) is 5.91. The molecule has 2 radical (unpaired) electrons.